The normalized spacial score (nSPS) is 11.0. The molecule has 0 unspecified atom stereocenters. The van der Waals surface area contributed by atoms with E-state index >= 15 is 0 Å². The van der Waals surface area contributed by atoms with Gasteiger partial charge in [-0.3, -0.25) is 0 Å². The van der Waals surface area contributed by atoms with Crippen LogP contribution in [0.25, 0.3) is 11.6 Å². The van der Waals surface area contributed by atoms with Gasteiger partial charge in [-0.2, -0.15) is 16.7 Å². The van der Waals surface area contributed by atoms with Crippen molar-refractivity contribution in [3.8, 4) is 11.6 Å². The van der Waals surface area contributed by atoms with E-state index < -0.39 is 0 Å². The van der Waals surface area contributed by atoms with Gasteiger partial charge in [-0.15, -0.1) is 5.10 Å². The molecular formula is C13H12FN5OS. The van der Waals surface area contributed by atoms with Crippen molar-refractivity contribution in [3.05, 3.63) is 47.7 Å². The van der Waals surface area contributed by atoms with Crippen LogP contribution in [0.3, 0.4) is 0 Å². The standard InChI is InChI=1S/C13H12FN5OS/c1-21-8-12-15-13(20-17-12)11-7-19(18-16-11)6-9-2-4-10(14)5-3-9/h2-5,7H,6,8H2,1H3. The molecule has 6 nitrogen and oxygen atoms in total. The number of aromatic nitrogens is 5. The lowest BCUT2D eigenvalue weighted by molar-refractivity contribution is 0.424. The second kappa shape index (κ2) is 6.04. The monoisotopic (exact) mass is 305 g/mol. The van der Waals surface area contributed by atoms with Gasteiger partial charge in [0.15, 0.2) is 11.5 Å². The first kappa shape index (κ1) is 13.7. The molecule has 0 saturated heterocycles. The van der Waals surface area contributed by atoms with Crippen LogP contribution in [0.2, 0.25) is 0 Å². The Hall–Kier alpha value is -2.22. The van der Waals surface area contributed by atoms with E-state index in [1.165, 1.54) is 12.1 Å². The quantitative estimate of drug-likeness (QED) is 0.721. The number of rotatable bonds is 5. The molecule has 0 aliphatic carbocycles. The van der Waals surface area contributed by atoms with Crippen molar-refractivity contribution < 1.29 is 8.91 Å². The third kappa shape index (κ3) is 3.27. The predicted octanol–water partition coefficient (Wildman–Crippen LogP) is 2.38. The molecule has 1 aromatic carbocycles. The van der Waals surface area contributed by atoms with Gasteiger partial charge in [-0.25, -0.2) is 9.07 Å². The molecule has 3 aromatic rings. The summed E-state index contributed by atoms with van der Waals surface area (Å²) in [5.74, 6) is 1.41. The lowest BCUT2D eigenvalue weighted by atomic mass is 10.2. The van der Waals surface area contributed by atoms with E-state index in [1.54, 1.807) is 34.8 Å². The molecule has 108 valence electrons. The van der Waals surface area contributed by atoms with Crippen LogP contribution in [-0.2, 0) is 12.3 Å². The van der Waals surface area contributed by atoms with Crippen LogP contribution >= 0.6 is 11.8 Å². The number of hydrogen-bond donors (Lipinski definition) is 0. The molecule has 0 radical (unpaired) electrons. The largest absolute Gasteiger partial charge is 0.332 e. The summed E-state index contributed by atoms with van der Waals surface area (Å²) in [6.07, 6.45) is 3.69. The first-order valence-electron chi connectivity index (χ1n) is 6.21. The summed E-state index contributed by atoms with van der Waals surface area (Å²) in [5, 5.41) is 11.9. The molecule has 0 saturated carbocycles. The Bertz CT molecular complexity index is 724. The van der Waals surface area contributed by atoms with Gasteiger partial charge < -0.3 is 4.52 Å². The Balaban J connectivity index is 1.74. The van der Waals surface area contributed by atoms with Crippen molar-refractivity contribution in [3.63, 3.8) is 0 Å². The summed E-state index contributed by atoms with van der Waals surface area (Å²) in [7, 11) is 0. The summed E-state index contributed by atoms with van der Waals surface area (Å²) < 4.78 is 19.6. The van der Waals surface area contributed by atoms with Gasteiger partial charge in [0.2, 0.25) is 0 Å². The van der Waals surface area contributed by atoms with Crippen molar-refractivity contribution in [2.75, 3.05) is 6.26 Å². The highest BCUT2D eigenvalue weighted by atomic mass is 32.2. The molecule has 0 aliphatic rings. The highest BCUT2D eigenvalue weighted by Gasteiger charge is 2.12. The average molecular weight is 305 g/mol. The first-order chi connectivity index (χ1) is 10.2. The maximum absolute atomic E-state index is 12.9. The Kier molecular flexibility index (Phi) is 3.96. The smallest absolute Gasteiger partial charge is 0.280 e. The second-order valence-electron chi connectivity index (χ2n) is 4.38. The molecule has 0 spiro atoms. The van der Waals surface area contributed by atoms with Gasteiger partial charge in [0, 0.05) is 0 Å². The van der Waals surface area contributed by atoms with E-state index in [2.05, 4.69) is 20.5 Å². The lowest BCUT2D eigenvalue weighted by Crippen LogP contribution is -2.00. The average Bonchev–Trinajstić information content (AvgIpc) is 3.11. The van der Waals surface area contributed by atoms with Crippen LogP contribution in [0, 0.1) is 5.82 Å². The fourth-order valence-electron chi connectivity index (χ4n) is 1.80. The second-order valence-corrected chi connectivity index (χ2v) is 5.24. The number of thioether (sulfide) groups is 1. The van der Waals surface area contributed by atoms with E-state index in [1.807, 2.05) is 6.26 Å². The lowest BCUT2D eigenvalue weighted by Gasteiger charge is -1.99. The topological polar surface area (TPSA) is 69.6 Å². The van der Waals surface area contributed by atoms with Gasteiger partial charge in [-0.1, -0.05) is 22.5 Å². The third-order valence-electron chi connectivity index (χ3n) is 2.76. The van der Waals surface area contributed by atoms with Gasteiger partial charge >= 0.3 is 0 Å². The Morgan fingerprint density at radius 1 is 1.29 bits per heavy atom. The third-order valence-corrected chi connectivity index (χ3v) is 3.30. The zero-order chi connectivity index (χ0) is 14.7. The minimum atomic E-state index is -0.259. The van der Waals surface area contributed by atoms with E-state index in [-0.39, 0.29) is 5.82 Å². The van der Waals surface area contributed by atoms with Gasteiger partial charge in [0.25, 0.3) is 5.89 Å². The molecular weight excluding hydrogens is 293 g/mol. The van der Waals surface area contributed by atoms with Crippen molar-refractivity contribution in [2.24, 2.45) is 0 Å². The van der Waals surface area contributed by atoms with E-state index in [0.29, 0.717) is 29.7 Å². The number of hydrogen-bond acceptors (Lipinski definition) is 6. The fraction of sp³-hybridized carbons (Fsp3) is 0.231. The van der Waals surface area contributed by atoms with Crippen molar-refractivity contribution >= 4 is 11.8 Å². The Labute approximate surface area is 124 Å². The minimum absolute atomic E-state index is 0.259. The van der Waals surface area contributed by atoms with Crippen molar-refractivity contribution in [1.82, 2.24) is 25.1 Å². The summed E-state index contributed by atoms with van der Waals surface area (Å²) in [5.41, 5.74) is 1.46. The first-order valence-corrected chi connectivity index (χ1v) is 7.60. The fourth-order valence-corrected chi connectivity index (χ4v) is 2.17. The number of benzene rings is 1. The Morgan fingerprint density at radius 3 is 2.86 bits per heavy atom. The van der Waals surface area contributed by atoms with Gasteiger partial charge in [-0.05, 0) is 24.0 Å². The Morgan fingerprint density at radius 2 is 2.10 bits per heavy atom. The molecule has 0 aliphatic heterocycles. The summed E-state index contributed by atoms with van der Waals surface area (Å²) in [6.45, 7) is 0.499. The van der Waals surface area contributed by atoms with Crippen molar-refractivity contribution in [1.29, 1.82) is 0 Å². The molecule has 0 bridgehead atoms. The summed E-state index contributed by atoms with van der Waals surface area (Å²) in [6, 6.07) is 6.25. The molecule has 0 fully saturated rings. The molecule has 2 aromatic heterocycles. The van der Waals surface area contributed by atoms with Crippen LogP contribution in [-0.4, -0.2) is 31.4 Å². The number of nitrogens with zero attached hydrogens (tertiary/aromatic N) is 5. The van der Waals surface area contributed by atoms with Gasteiger partial charge in [0.05, 0.1) is 18.5 Å². The van der Waals surface area contributed by atoms with E-state index in [4.69, 9.17) is 4.52 Å². The molecule has 0 atom stereocenters. The van der Waals surface area contributed by atoms with Crippen LogP contribution in [0.4, 0.5) is 4.39 Å². The number of halogens is 1. The molecule has 21 heavy (non-hydrogen) atoms. The SMILES string of the molecule is CSCc1noc(-c2cn(Cc3ccc(F)cc3)nn2)n1. The van der Waals surface area contributed by atoms with Crippen molar-refractivity contribution in [2.45, 2.75) is 12.3 Å². The molecule has 8 heteroatoms. The molecule has 3 rings (SSSR count). The van der Waals surface area contributed by atoms with E-state index in [9.17, 15) is 4.39 Å². The summed E-state index contributed by atoms with van der Waals surface area (Å²) >= 11 is 1.61. The van der Waals surface area contributed by atoms with E-state index in [0.717, 1.165) is 5.56 Å². The maximum atomic E-state index is 12.9. The van der Waals surface area contributed by atoms with Crippen LogP contribution in [0.15, 0.2) is 35.0 Å². The molecule has 2 heterocycles. The molecule has 0 amide bonds. The summed E-state index contributed by atoms with van der Waals surface area (Å²) in [4.78, 5) is 4.24. The minimum Gasteiger partial charge on any atom is -0.332 e. The van der Waals surface area contributed by atoms with Crippen LogP contribution in [0.5, 0.6) is 0 Å². The zero-order valence-corrected chi connectivity index (χ0v) is 12.0. The highest BCUT2D eigenvalue weighted by Crippen LogP contribution is 2.15. The predicted molar refractivity (Wildman–Crippen MR) is 76.0 cm³/mol. The zero-order valence-electron chi connectivity index (χ0n) is 11.2. The van der Waals surface area contributed by atoms with Crippen LogP contribution < -0.4 is 0 Å². The van der Waals surface area contributed by atoms with Gasteiger partial charge in [0.1, 0.15) is 5.82 Å². The van der Waals surface area contributed by atoms with Crippen LogP contribution in [0.1, 0.15) is 11.4 Å². The molecule has 0 N–H and O–H groups in total. The maximum Gasteiger partial charge on any atom is 0.280 e. The highest BCUT2D eigenvalue weighted by molar-refractivity contribution is 7.97.